The molecule has 1 heterocycles. The SMILES string of the molecule is CC(=O)Nc1cc(C(C)=O)ccc1C#Cc1ccc2c(c1)C(C)(C)CCS2. The third kappa shape index (κ3) is 4.43. The van der Waals surface area contributed by atoms with Gasteiger partial charge in [0.05, 0.1) is 5.69 Å². The molecule has 0 atom stereocenters. The highest BCUT2D eigenvalue weighted by Crippen LogP contribution is 2.41. The molecule has 3 nitrogen and oxygen atoms in total. The van der Waals surface area contributed by atoms with E-state index >= 15 is 0 Å². The van der Waals surface area contributed by atoms with Crippen molar-refractivity contribution < 1.29 is 9.59 Å². The molecule has 1 aliphatic rings. The minimum absolute atomic E-state index is 0.0458. The van der Waals surface area contributed by atoms with E-state index in [4.69, 9.17) is 0 Å². The van der Waals surface area contributed by atoms with Gasteiger partial charge in [-0.05, 0) is 60.4 Å². The molecule has 27 heavy (non-hydrogen) atoms. The summed E-state index contributed by atoms with van der Waals surface area (Å²) < 4.78 is 0. The van der Waals surface area contributed by atoms with Crippen molar-refractivity contribution in [2.75, 3.05) is 11.1 Å². The summed E-state index contributed by atoms with van der Waals surface area (Å²) in [7, 11) is 0. The van der Waals surface area contributed by atoms with Gasteiger partial charge >= 0.3 is 0 Å². The quantitative estimate of drug-likeness (QED) is 0.590. The number of benzene rings is 2. The Morgan fingerprint density at radius 3 is 2.56 bits per heavy atom. The van der Waals surface area contributed by atoms with E-state index in [1.807, 2.05) is 17.8 Å². The summed E-state index contributed by atoms with van der Waals surface area (Å²) >= 11 is 1.90. The van der Waals surface area contributed by atoms with Crippen molar-refractivity contribution in [3.8, 4) is 11.8 Å². The highest BCUT2D eigenvalue weighted by molar-refractivity contribution is 7.99. The third-order valence-corrected chi connectivity index (χ3v) is 5.85. The molecule has 1 amide bonds. The minimum atomic E-state index is -0.189. The Balaban J connectivity index is 1.98. The zero-order valence-corrected chi connectivity index (χ0v) is 16.9. The second-order valence-corrected chi connectivity index (χ2v) is 8.58. The number of Topliss-reactive ketones (excluding diaryl/α,β-unsaturated/α-hetero) is 1. The fourth-order valence-corrected chi connectivity index (χ4v) is 4.61. The van der Waals surface area contributed by atoms with Gasteiger partial charge in [0.25, 0.3) is 0 Å². The van der Waals surface area contributed by atoms with E-state index in [1.165, 1.54) is 24.3 Å². The molecule has 0 saturated heterocycles. The van der Waals surface area contributed by atoms with Crippen molar-refractivity contribution in [3.63, 3.8) is 0 Å². The smallest absolute Gasteiger partial charge is 0.221 e. The lowest BCUT2D eigenvalue weighted by molar-refractivity contribution is -0.114. The molecule has 0 radical (unpaired) electrons. The van der Waals surface area contributed by atoms with Crippen LogP contribution in [0.5, 0.6) is 0 Å². The van der Waals surface area contributed by atoms with Crippen molar-refractivity contribution in [1.29, 1.82) is 0 Å². The molecule has 0 unspecified atom stereocenters. The topological polar surface area (TPSA) is 46.2 Å². The molecular weight excluding hydrogens is 354 g/mol. The number of hydrogen-bond acceptors (Lipinski definition) is 3. The number of carbonyl (C=O) groups excluding carboxylic acids is 2. The van der Waals surface area contributed by atoms with Crippen LogP contribution in [-0.4, -0.2) is 17.4 Å². The summed E-state index contributed by atoms with van der Waals surface area (Å²) in [6, 6.07) is 11.6. The van der Waals surface area contributed by atoms with Crippen LogP contribution in [0.15, 0.2) is 41.3 Å². The van der Waals surface area contributed by atoms with E-state index in [0.29, 0.717) is 16.8 Å². The number of hydrogen-bond donors (Lipinski definition) is 1. The van der Waals surface area contributed by atoms with Gasteiger partial charge in [-0.1, -0.05) is 31.8 Å². The van der Waals surface area contributed by atoms with Gasteiger partial charge < -0.3 is 5.32 Å². The highest BCUT2D eigenvalue weighted by atomic mass is 32.2. The van der Waals surface area contributed by atoms with Crippen molar-refractivity contribution in [3.05, 3.63) is 58.7 Å². The van der Waals surface area contributed by atoms with Crippen LogP contribution >= 0.6 is 11.8 Å². The zero-order valence-electron chi connectivity index (χ0n) is 16.1. The van der Waals surface area contributed by atoms with E-state index in [-0.39, 0.29) is 17.1 Å². The lowest BCUT2D eigenvalue weighted by atomic mass is 9.81. The number of nitrogens with one attached hydrogen (secondary N) is 1. The summed E-state index contributed by atoms with van der Waals surface area (Å²) in [6.07, 6.45) is 1.15. The van der Waals surface area contributed by atoms with Crippen molar-refractivity contribution in [2.24, 2.45) is 0 Å². The van der Waals surface area contributed by atoms with Crippen LogP contribution in [0, 0.1) is 11.8 Å². The van der Waals surface area contributed by atoms with Crippen LogP contribution in [0.25, 0.3) is 0 Å². The lowest BCUT2D eigenvalue weighted by Gasteiger charge is -2.32. The maximum absolute atomic E-state index is 11.6. The summed E-state index contributed by atoms with van der Waals surface area (Å²) in [5.41, 5.74) is 4.27. The van der Waals surface area contributed by atoms with E-state index in [2.05, 4.69) is 43.1 Å². The molecule has 3 rings (SSSR count). The third-order valence-electron chi connectivity index (χ3n) is 4.77. The van der Waals surface area contributed by atoms with Crippen LogP contribution < -0.4 is 5.32 Å². The van der Waals surface area contributed by atoms with Crippen LogP contribution in [0.3, 0.4) is 0 Å². The van der Waals surface area contributed by atoms with Crippen molar-refractivity contribution in [2.45, 2.75) is 44.4 Å². The molecule has 2 aromatic carbocycles. The van der Waals surface area contributed by atoms with E-state index in [1.54, 1.807) is 18.2 Å². The van der Waals surface area contributed by atoms with Gasteiger partial charge in [-0.25, -0.2) is 0 Å². The minimum Gasteiger partial charge on any atom is -0.325 e. The fraction of sp³-hybridized carbons (Fsp3) is 0.304. The zero-order chi connectivity index (χ0) is 19.6. The Morgan fingerprint density at radius 1 is 1.07 bits per heavy atom. The first kappa shape index (κ1) is 19.3. The number of rotatable bonds is 2. The Morgan fingerprint density at radius 2 is 1.85 bits per heavy atom. The first-order valence-corrected chi connectivity index (χ1v) is 9.97. The summed E-state index contributed by atoms with van der Waals surface area (Å²) in [5.74, 6) is 7.28. The molecule has 2 aromatic rings. The Labute approximate surface area is 164 Å². The Bertz CT molecular complexity index is 980. The van der Waals surface area contributed by atoms with Gasteiger partial charge in [0.15, 0.2) is 5.78 Å². The van der Waals surface area contributed by atoms with E-state index in [9.17, 15) is 9.59 Å². The molecule has 138 valence electrons. The highest BCUT2D eigenvalue weighted by Gasteiger charge is 2.27. The van der Waals surface area contributed by atoms with Crippen LogP contribution in [0.2, 0.25) is 0 Å². The molecule has 1 N–H and O–H groups in total. The maximum atomic E-state index is 11.6. The van der Waals surface area contributed by atoms with Crippen LogP contribution in [0.4, 0.5) is 5.69 Å². The van der Waals surface area contributed by atoms with Crippen LogP contribution in [-0.2, 0) is 10.2 Å². The lowest BCUT2D eigenvalue weighted by Crippen LogP contribution is -2.22. The van der Waals surface area contributed by atoms with E-state index in [0.717, 1.165) is 17.7 Å². The fourth-order valence-electron chi connectivity index (χ4n) is 3.12. The largest absolute Gasteiger partial charge is 0.325 e. The Kier molecular flexibility index (Phi) is 5.43. The number of ketones is 1. The second kappa shape index (κ2) is 7.62. The standard InChI is InChI=1S/C23H23NO2S/c1-15(25)19-9-8-18(21(14-19)24-16(2)26)7-5-17-6-10-22-20(13-17)23(3,4)11-12-27-22/h6,8-10,13-14H,11-12H2,1-4H3,(H,24,26). The molecular formula is C23H23NO2S. The predicted molar refractivity (Wildman–Crippen MR) is 112 cm³/mol. The molecule has 0 aliphatic carbocycles. The molecule has 0 bridgehead atoms. The summed E-state index contributed by atoms with van der Waals surface area (Å²) in [5, 5.41) is 2.77. The molecule has 0 spiro atoms. The monoisotopic (exact) mass is 377 g/mol. The average Bonchev–Trinajstić information content (AvgIpc) is 2.60. The second-order valence-electron chi connectivity index (χ2n) is 7.44. The first-order chi connectivity index (χ1) is 12.8. The van der Waals surface area contributed by atoms with Gasteiger partial charge in [-0.2, -0.15) is 0 Å². The molecule has 0 aromatic heterocycles. The first-order valence-electron chi connectivity index (χ1n) is 8.98. The van der Waals surface area contributed by atoms with Gasteiger partial charge in [-0.15, -0.1) is 11.8 Å². The summed E-state index contributed by atoms with van der Waals surface area (Å²) in [4.78, 5) is 24.5. The van der Waals surface area contributed by atoms with Gasteiger partial charge in [0, 0.05) is 28.5 Å². The number of fused-ring (bicyclic) bond motifs is 1. The molecule has 0 saturated carbocycles. The molecule has 4 heteroatoms. The van der Waals surface area contributed by atoms with Gasteiger partial charge in [0.1, 0.15) is 0 Å². The molecule has 1 aliphatic heterocycles. The Hall–Kier alpha value is -2.51. The van der Waals surface area contributed by atoms with Crippen molar-refractivity contribution >= 4 is 29.1 Å². The molecule has 0 fully saturated rings. The number of thioether (sulfide) groups is 1. The van der Waals surface area contributed by atoms with Crippen LogP contribution in [0.1, 0.15) is 61.2 Å². The van der Waals surface area contributed by atoms with Gasteiger partial charge in [0.2, 0.25) is 5.91 Å². The predicted octanol–water partition coefficient (Wildman–Crippen LogP) is 5.02. The average molecular weight is 378 g/mol. The number of carbonyl (C=O) groups is 2. The van der Waals surface area contributed by atoms with E-state index < -0.39 is 0 Å². The van der Waals surface area contributed by atoms with Crippen molar-refractivity contribution in [1.82, 2.24) is 0 Å². The number of anilines is 1. The number of amides is 1. The summed E-state index contributed by atoms with van der Waals surface area (Å²) in [6.45, 7) is 7.50. The van der Waals surface area contributed by atoms with Gasteiger partial charge in [-0.3, -0.25) is 9.59 Å². The maximum Gasteiger partial charge on any atom is 0.221 e. The normalized spacial score (nSPS) is 14.5.